The van der Waals surface area contributed by atoms with E-state index in [-0.39, 0.29) is 18.7 Å². The lowest BCUT2D eigenvalue weighted by Crippen LogP contribution is -2.57. The number of rotatable bonds is 5. The van der Waals surface area contributed by atoms with Crippen molar-refractivity contribution in [1.29, 1.82) is 0 Å². The standard InChI is InChI=1S/C15H17F2N3O4/c1-24-14(22)7-12-15(23)18-4-5-20(12)8-13(21)19-11-6-9(16)2-3-10(11)17/h2-3,6,12H,4-5,7-8H2,1H3,(H,18,23)(H,19,21)/t12-/m0/s1. The predicted molar refractivity (Wildman–Crippen MR) is 80.0 cm³/mol. The Labute approximate surface area is 136 Å². The van der Waals surface area contributed by atoms with Crippen LogP contribution in [-0.2, 0) is 19.1 Å². The number of carbonyl (C=O) groups excluding carboxylic acids is 3. The molecule has 0 spiro atoms. The van der Waals surface area contributed by atoms with Crippen LogP contribution in [0, 0.1) is 11.6 Å². The molecule has 9 heteroatoms. The molecule has 1 aromatic carbocycles. The van der Waals surface area contributed by atoms with E-state index in [1.165, 1.54) is 12.0 Å². The quantitative estimate of drug-likeness (QED) is 0.751. The number of nitrogens with zero attached hydrogens (tertiary/aromatic N) is 1. The van der Waals surface area contributed by atoms with Crippen molar-refractivity contribution < 1.29 is 27.9 Å². The molecule has 1 atom stereocenters. The molecule has 7 nitrogen and oxygen atoms in total. The second kappa shape index (κ2) is 7.82. The second-order valence-electron chi connectivity index (χ2n) is 5.23. The molecule has 1 fully saturated rings. The smallest absolute Gasteiger partial charge is 0.307 e. The van der Waals surface area contributed by atoms with E-state index in [2.05, 4.69) is 15.4 Å². The van der Waals surface area contributed by atoms with E-state index in [1.807, 2.05) is 0 Å². The van der Waals surface area contributed by atoms with Gasteiger partial charge >= 0.3 is 5.97 Å². The van der Waals surface area contributed by atoms with Crippen LogP contribution in [0.15, 0.2) is 18.2 Å². The summed E-state index contributed by atoms with van der Waals surface area (Å²) in [6, 6.07) is 1.85. The van der Waals surface area contributed by atoms with Crippen LogP contribution >= 0.6 is 0 Å². The number of methoxy groups -OCH3 is 1. The molecule has 2 rings (SSSR count). The van der Waals surface area contributed by atoms with Gasteiger partial charge in [0.1, 0.15) is 17.7 Å². The van der Waals surface area contributed by atoms with Crippen molar-refractivity contribution in [2.75, 3.05) is 32.1 Å². The fourth-order valence-corrected chi connectivity index (χ4v) is 2.38. The van der Waals surface area contributed by atoms with Crippen LogP contribution in [-0.4, -0.2) is 55.5 Å². The van der Waals surface area contributed by atoms with Crippen LogP contribution in [0.4, 0.5) is 14.5 Å². The van der Waals surface area contributed by atoms with Crippen LogP contribution in [0.3, 0.4) is 0 Å². The Morgan fingerprint density at radius 2 is 2.17 bits per heavy atom. The summed E-state index contributed by atoms with van der Waals surface area (Å²) in [6.45, 7) is 0.412. The number of piperazine rings is 1. The summed E-state index contributed by atoms with van der Waals surface area (Å²) in [5.41, 5.74) is -0.286. The topological polar surface area (TPSA) is 87.7 Å². The molecule has 0 radical (unpaired) electrons. The molecule has 0 unspecified atom stereocenters. The van der Waals surface area contributed by atoms with E-state index in [4.69, 9.17) is 0 Å². The first-order valence-electron chi connectivity index (χ1n) is 7.24. The van der Waals surface area contributed by atoms with Gasteiger partial charge in [-0.3, -0.25) is 19.3 Å². The fourth-order valence-electron chi connectivity index (χ4n) is 2.38. The number of esters is 1. The Morgan fingerprint density at radius 1 is 1.42 bits per heavy atom. The Balaban J connectivity index is 2.03. The number of anilines is 1. The van der Waals surface area contributed by atoms with Crippen LogP contribution in [0.25, 0.3) is 0 Å². The van der Waals surface area contributed by atoms with Gasteiger partial charge in [-0.15, -0.1) is 0 Å². The third-order valence-corrected chi connectivity index (χ3v) is 3.58. The molecule has 0 saturated carbocycles. The molecular weight excluding hydrogens is 324 g/mol. The summed E-state index contributed by atoms with van der Waals surface area (Å²) in [5.74, 6) is -3.06. The molecule has 130 valence electrons. The molecule has 0 bridgehead atoms. The van der Waals surface area contributed by atoms with E-state index in [0.717, 1.165) is 18.2 Å². The number of hydrogen-bond acceptors (Lipinski definition) is 5. The van der Waals surface area contributed by atoms with E-state index < -0.39 is 35.5 Å². The lowest BCUT2D eigenvalue weighted by Gasteiger charge is -2.33. The Kier molecular flexibility index (Phi) is 5.80. The lowest BCUT2D eigenvalue weighted by atomic mass is 10.1. The summed E-state index contributed by atoms with van der Waals surface area (Å²) < 4.78 is 31.2. The van der Waals surface area contributed by atoms with E-state index in [0.29, 0.717) is 13.1 Å². The minimum Gasteiger partial charge on any atom is -0.469 e. The number of nitrogens with one attached hydrogen (secondary N) is 2. The van der Waals surface area contributed by atoms with Gasteiger partial charge in [0, 0.05) is 19.2 Å². The van der Waals surface area contributed by atoms with Crippen LogP contribution in [0.5, 0.6) is 0 Å². The van der Waals surface area contributed by atoms with Crippen LogP contribution in [0.1, 0.15) is 6.42 Å². The lowest BCUT2D eigenvalue weighted by molar-refractivity contribution is -0.146. The largest absolute Gasteiger partial charge is 0.469 e. The molecule has 24 heavy (non-hydrogen) atoms. The molecule has 0 aliphatic carbocycles. The third-order valence-electron chi connectivity index (χ3n) is 3.58. The van der Waals surface area contributed by atoms with Gasteiger partial charge in [0.25, 0.3) is 0 Å². The molecule has 1 aliphatic rings. The Morgan fingerprint density at radius 3 is 2.88 bits per heavy atom. The first-order chi connectivity index (χ1) is 11.4. The van der Waals surface area contributed by atoms with Gasteiger partial charge in [-0.25, -0.2) is 8.78 Å². The highest BCUT2D eigenvalue weighted by atomic mass is 19.1. The van der Waals surface area contributed by atoms with Crippen LogP contribution < -0.4 is 10.6 Å². The summed E-state index contributed by atoms with van der Waals surface area (Å²) in [7, 11) is 1.20. The van der Waals surface area contributed by atoms with Gasteiger partial charge in [0.05, 0.1) is 25.8 Å². The summed E-state index contributed by atoms with van der Waals surface area (Å²) in [5, 5.41) is 4.86. The zero-order valence-electron chi connectivity index (χ0n) is 13.0. The van der Waals surface area contributed by atoms with Gasteiger partial charge in [0.15, 0.2) is 0 Å². The number of amides is 2. The van der Waals surface area contributed by atoms with Gasteiger partial charge in [-0.1, -0.05) is 0 Å². The SMILES string of the molecule is COC(=O)C[C@H]1C(=O)NCCN1CC(=O)Nc1cc(F)ccc1F. The number of benzene rings is 1. The molecule has 1 heterocycles. The van der Waals surface area contributed by atoms with Gasteiger partial charge in [0.2, 0.25) is 11.8 Å². The first-order valence-corrected chi connectivity index (χ1v) is 7.24. The van der Waals surface area contributed by atoms with Crippen LogP contribution in [0.2, 0.25) is 0 Å². The van der Waals surface area contributed by atoms with E-state index in [1.54, 1.807) is 0 Å². The van der Waals surface area contributed by atoms with Crippen molar-refractivity contribution in [1.82, 2.24) is 10.2 Å². The van der Waals surface area contributed by atoms with Gasteiger partial charge in [-0.05, 0) is 12.1 Å². The summed E-state index contributed by atoms with van der Waals surface area (Å²) >= 11 is 0. The monoisotopic (exact) mass is 341 g/mol. The first kappa shape index (κ1) is 17.8. The number of ether oxygens (including phenoxy) is 1. The van der Waals surface area contributed by atoms with Crippen molar-refractivity contribution in [3.63, 3.8) is 0 Å². The summed E-state index contributed by atoms with van der Waals surface area (Å²) in [6.07, 6.45) is -0.204. The molecule has 2 amide bonds. The van der Waals surface area contributed by atoms with Gasteiger partial charge in [-0.2, -0.15) is 0 Å². The predicted octanol–water partition coefficient (Wildman–Crippen LogP) is 0.267. The van der Waals surface area contributed by atoms with Crippen molar-refractivity contribution in [3.05, 3.63) is 29.8 Å². The van der Waals surface area contributed by atoms with Crippen molar-refractivity contribution >= 4 is 23.5 Å². The highest BCUT2D eigenvalue weighted by Gasteiger charge is 2.33. The highest BCUT2D eigenvalue weighted by molar-refractivity contribution is 5.93. The highest BCUT2D eigenvalue weighted by Crippen LogP contribution is 2.16. The number of hydrogen-bond donors (Lipinski definition) is 2. The molecule has 1 aliphatic heterocycles. The van der Waals surface area contributed by atoms with E-state index >= 15 is 0 Å². The maximum atomic E-state index is 13.5. The fraction of sp³-hybridized carbons (Fsp3) is 0.400. The molecular formula is C15H17F2N3O4. The normalized spacial score (nSPS) is 18.0. The average molecular weight is 341 g/mol. The van der Waals surface area contributed by atoms with Crippen molar-refractivity contribution in [2.45, 2.75) is 12.5 Å². The average Bonchev–Trinajstić information content (AvgIpc) is 2.54. The zero-order valence-corrected chi connectivity index (χ0v) is 13.0. The van der Waals surface area contributed by atoms with E-state index in [9.17, 15) is 23.2 Å². The minimum absolute atomic E-state index is 0.204. The maximum Gasteiger partial charge on any atom is 0.307 e. The van der Waals surface area contributed by atoms with Gasteiger partial charge < -0.3 is 15.4 Å². The van der Waals surface area contributed by atoms with Crippen molar-refractivity contribution in [2.24, 2.45) is 0 Å². The second-order valence-corrected chi connectivity index (χ2v) is 5.23. The number of carbonyl (C=O) groups is 3. The zero-order chi connectivity index (χ0) is 17.7. The Bertz CT molecular complexity index is 654. The Hall–Kier alpha value is -2.55. The van der Waals surface area contributed by atoms with Crippen molar-refractivity contribution in [3.8, 4) is 0 Å². The molecule has 1 aromatic rings. The molecule has 1 saturated heterocycles. The maximum absolute atomic E-state index is 13.5. The molecule has 0 aromatic heterocycles. The number of halogens is 2. The summed E-state index contributed by atoms with van der Waals surface area (Å²) in [4.78, 5) is 36.9. The molecule has 2 N–H and O–H groups in total. The third kappa shape index (κ3) is 4.48. The minimum atomic E-state index is -0.852.